The van der Waals surface area contributed by atoms with Crippen LogP contribution in [0, 0.1) is 0 Å². The molecule has 0 aromatic heterocycles. The van der Waals surface area contributed by atoms with Gasteiger partial charge in [-0.1, -0.05) is 0 Å². The van der Waals surface area contributed by atoms with Crippen molar-refractivity contribution in [3.63, 3.8) is 0 Å². The summed E-state index contributed by atoms with van der Waals surface area (Å²) in [6, 6.07) is 0.139. The maximum atomic E-state index is 11.6. The first kappa shape index (κ1) is 12.1. The maximum Gasteiger partial charge on any atom is 0.246 e. The highest BCUT2D eigenvalue weighted by Gasteiger charge is 2.42. The van der Waals surface area contributed by atoms with E-state index in [-0.39, 0.29) is 24.4 Å². The zero-order valence-electron chi connectivity index (χ0n) is 9.54. The average Bonchev–Trinajstić information content (AvgIpc) is 2.12. The number of amides is 2. The number of carbonyl (C=O) groups is 2. The first-order valence-electron chi connectivity index (χ1n) is 5.20. The molecular formula is C10H19N3O2. The van der Waals surface area contributed by atoms with Crippen molar-refractivity contribution >= 4 is 11.8 Å². The molecule has 1 unspecified atom stereocenters. The van der Waals surface area contributed by atoms with Crippen molar-refractivity contribution in [1.82, 2.24) is 10.2 Å². The molecule has 86 valence electrons. The molecule has 1 rings (SSSR count). The van der Waals surface area contributed by atoms with Crippen LogP contribution in [0.15, 0.2) is 0 Å². The number of hydrogen-bond donors (Lipinski definition) is 2. The largest absolute Gasteiger partial charge is 0.330 e. The molecule has 0 aromatic rings. The van der Waals surface area contributed by atoms with Gasteiger partial charge in [0.05, 0.1) is 12.1 Å². The number of nitrogens with one attached hydrogen (secondary N) is 1. The van der Waals surface area contributed by atoms with Crippen LogP contribution in [0.4, 0.5) is 0 Å². The van der Waals surface area contributed by atoms with Crippen LogP contribution in [-0.4, -0.2) is 41.4 Å². The molecule has 1 aliphatic rings. The molecule has 1 fully saturated rings. The van der Waals surface area contributed by atoms with Gasteiger partial charge < -0.3 is 5.73 Å². The van der Waals surface area contributed by atoms with Gasteiger partial charge in [-0.05, 0) is 33.7 Å². The summed E-state index contributed by atoms with van der Waals surface area (Å²) in [4.78, 5) is 24.8. The summed E-state index contributed by atoms with van der Waals surface area (Å²) in [7, 11) is 0. The smallest absolute Gasteiger partial charge is 0.246 e. The van der Waals surface area contributed by atoms with Crippen LogP contribution in [-0.2, 0) is 9.59 Å². The van der Waals surface area contributed by atoms with E-state index in [1.165, 1.54) is 0 Å². The highest BCUT2D eigenvalue weighted by Crippen LogP contribution is 2.21. The number of carbonyl (C=O) groups excluding carboxylic acids is 2. The summed E-state index contributed by atoms with van der Waals surface area (Å²) in [6.45, 7) is 6.45. The van der Waals surface area contributed by atoms with E-state index < -0.39 is 5.54 Å². The van der Waals surface area contributed by atoms with E-state index in [9.17, 15) is 9.59 Å². The van der Waals surface area contributed by atoms with Crippen LogP contribution in [0.5, 0.6) is 0 Å². The van der Waals surface area contributed by atoms with Crippen molar-refractivity contribution in [3.8, 4) is 0 Å². The van der Waals surface area contributed by atoms with E-state index in [4.69, 9.17) is 5.73 Å². The number of hydrogen-bond acceptors (Lipinski definition) is 4. The monoisotopic (exact) mass is 213 g/mol. The first-order valence-corrected chi connectivity index (χ1v) is 5.20. The van der Waals surface area contributed by atoms with Crippen molar-refractivity contribution in [1.29, 1.82) is 0 Å². The van der Waals surface area contributed by atoms with Crippen molar-refractivity contribution in [2.45, 2.75) is 38.8 Å². The lowest BCUT2D eigenvalue weighted by Crippen LogP contribution is -2.66. The SMILES string of the molecule is CC(CCN)N1CC(=O)NC(=O)C1(C)C. The molecule has 0 spiro atoms. The van der Waals surface area contributed by atoms with Gasteiger partial charge in [-0.15, -0.1) is 0 Å². The van der Waals surface area contributed by atoms with E-state index >= 15 is 0 Å². The summed E-state index contributed by atoms with van der Waals surface area (Å²) in [6.07, 6.45) is 0.782. The summed E-state index contributed by atoms with van der Waals surface area (Å²) >= 11 is 0. The molecule has 3 N–H and O–H groups in total. The van der Waals surface area contributed by atoms with Crippen molar-refractivity contribution in [2.75, 3.05) is 13.1 Å². The second-order valence-corrected chi connectivity index (χ2v) is 4.49. The molecule has 0 aromatic carbocycles. The number of nitrogens with zero attached hydrogens (tertiary/aromatic N) is 1. The Morgan fingerprint density at radius 2 is 2.13 bits per heavy atom. The Morgan fingerprint density at radius 3 is 2.67 bits per heavy atom. The Bertz CT molecular complexity index is 276. The predicted octanol–water partition coefficient (Wildman–Crippen LogP) is -0.539. The first-order chi connectivity index (χ1) is 6.89. The van der Waals surface area contributed by atoms with Gasteiger partial charge in [0, 0.05) is 6.04 Å². The summed E-state index contributed by atoms with van der Waals surface area (Å²) in [5, 5.41) is 2.35. The third-order valence-corrected chi connectivity index (χ3v) is 2.96. The van der Waals surface area contributed by atoms with Crippen molar-refractivity contribution < 1.29 is 9.59 Å². The van der Waals surface area contributed by atoms with Gasteiger partial charge in [0.2, 0.25) is 11.8 Å². The molecule has 1 atom stereocenters. The highest BCUT2D eigenvalue weighted by molar-refractivity contribution is 6.02. The van der Waals surface area contributed by atoms with Crippen LogP contribution < -0.4 is 11.1 Å². The summed E-state index contributed by atoms with van der Waals surface area (Å²) in [5.41, 5.74) is 4.85. The summed E-state index contributed by atoms with van der Waals surface area (Å²) < 4.78 is 0. The topological polar surface area (TPSA) is 75.4 Å². The van der Waals surface area contributed by atoms with Crippen LogP contribution in [0.3, 0.4) is 0 Å². The van der Waals surface area contributed by atoms with Crippen LogP contribution >= 0.6 is 0 Å². The maximum absolute atomic E-state index is 11.6. The van der Waals surface area contributed by atoms with Gasteiger partial charge in [-0.2, -0.15) is 0 Å². The number of piperazine rings is 1. The fourth-order valence-electron chi connectivity index (χ4n) is 1.91. The number of rotatable bonds is 3. The van der Waals surface area contributed by atoms with Crippen LogP contribution in [0.25, 0.3) is 0 Å². The second-order valence-electron chi connectivity index (χ2n) is 4.49. The van der Waals surface area contributed by atoms with Gasteiger partial charge in [0.25, 0.3) is 0 Å². The lowest BCUT2D eigenvalue weighted by atomic mass is 9.95. The fourth-order valence-corrected chi connectivity index (χ4v) is 1.91. The minimum atomic E-state index is -0.636. The number of nitrogens with two attached hydrogens (primary N) is 1. The molecule has 0 aliphatic carbocycles. The Balaban J connectivity index is 2.83. The molecule has 0 saturated carbocycles. The molecule has 0 radical (unpaired) electrons. The molecule has 1 heterocycles. The van der Waals surface area contributed by atoms with E-state index in [0.29, 0.717) is 6.54 Å². The molecule has 1 saturated heterocycles. The van der Waals surface area contributed by atoms with E-state index in [1.807, 2.05) is 25.7 Å². The molecule has 5 heteroatoms. The quantitative estimate of drug-likeness (QED) is 0.617. The van der Waals surface area contributed by atoms with Gasteiger partial charge in [0.1, 0.15) is 0 Å². The minimum absolute atomic E-state index is 0.139. The molecule has 5 nitrogen and oxygen atoms in total. The predicted molar refractivity (Wildman–Crippen MR) is 57.1 cm³/mol. The highest BCUT2D eigenvalue weighted by atomic mass is 16.2. The van der Waals surface area contributed by atoms with Crippen LogP contribution in [0.2, 0.25) is 0 Å². The molecule has 15 heavy (non-hydrogen) atoms. The molecule has 1 aliphatic heterocycles. The minimum Gasteiger partial charge on any atom is -0.330 e. The van der Waals surface area contributed by atoms with Gasteiger partial charge in [0.15, 0.2) is 0 Å². The second kappa shape index (κ2) is 4.28. The number of imide groups is 1. The van der Waals surface area contributed by atoms with E-state index in [2.05, 4.69) is 5.32 Å². The zero-order valence-corrected chi connectivity index (χ0v) is 9.54. The lowest BCUT2D eigenvalue weighted by molar-refractivity contribution is -0.147. The molecule has 2 amide bonds. The van der Waals surface area contributed by atoms with Crippen molar-refractivity contribution in [3.05, 3.63) is 0 Å². The average molecular weight is 213 g/mol. The van der Waals surface area contributed by atoms with E-state index in [0.717, 1.165) is 6.42 Å². The Hall–Kier alpha value is -0.940. The van der Waals surface area contributed by atoms with Gasteiger partial charge >= 0.3 is 0 Å². The van der Waals surface area contributed by atoms with Gasteiger partial charge in [-0.25, -0.2) is 0 Å². The molecular weight excluding hydrogens is 194 g/mol. The van der Waals surface area contributed by atoms with Gasteiger partial charge in [-0.3, -0.25) is 19.8 Å². The lowest BCUT2D eigenvalue weighted by Gasteiger charge is -2.43. The standard InChI is InChI=1S/C10H19N3O2/c1-7(4-5-11)13-6-8(14)12-9(15)10(13,2)3/h7H,4-6,11H2,1-3H3,(H,12,14,15). The normalized spacial score (nSPS) is 23.7. The summed E-state index contributed by atoms with van der Waals surface area (Å²) in [5.74, 6) is -0.467. The zero-order chi connectivity index (χ0) is 11.6. The Kier molecular flexibility index (Phi) is 3.46. The Labute approximate surface area is 90.0 Å². The van der Waals surface area contributed by atoms with E-state index in [1.54, 1.807) is 0 Å². The Morgan fingerprint density at radius 1 is 1.53 bits per heavy atom. The third-order valence-electron chi connectivity index (χ3n) is 2.96. The van der Waals surface area contributed by atoms with Crippen LogP contribution in [0.1, 0.15) is 27.2 Å². The fraction of sp³-hybridized carbons (Fsp3) is 0.800. The van der Waals surface area contributed by atoms with Crippen molar-refractivity contribution in [2.24, 2.45) is 5.73 Å². The molecule has 0 bridgehead atoms. The third kappa shape index (κ3) is 2.35.